The molecule has 1 fully saturated rings. The Hall–Kier alpha value is -4.66. The van der Waals surface area contributed by atoms with Crippen molar-refractivity contribution in [2.45, 2.75) is 55.6 Å². The second-order valence-electron chi connectivity index (χ2n) is 11.4. The lowest BCUT2D eigenvalue weighted by atomic mass is 9.79. The number of aliphatic hydroxyl groups excluding tert-OH is 1. The minimum Gasteiger partial charge on any atom is -0.492 e. The summed E-state index contributed by atoms with van der Waals surface area (Å²) in [4.78, 5) is 46.8. The maximum atomic E-state index is 13.5. The lowest BCUT2D eigenvalue weighted by Gasteiger charge is -2.43. The molecule has 1 spiro atoms. The highest BCUT2D eigenvalue weighted by molar-refractivity contribution is 5.98. The number of amides is 2. The Morgan fingerprint density at radius 2 is 2.05 bits per heavy atom. The van der Waals surface area contributed by atoms with Gasteiger partial charge in [-0.2, -0.15) is 5.10 Å². The first-order chi connectivity index (χ1) is 19.5. The van der Waals surface area contributed by atoms with Gasteiger partial charge in [-0.05, 0) is 24.0 Å². The van der Waals surface area contributed by atoms with E-state index in [1.54, 1.807) is 11.0 Å². The summed E-state index contributed by atoms with van der Waals surface area (Å²) in [5, 5.41) is 26.5. The minimum absolute atomic E-state index is 0.0234. The van der Waals surface area contributed by atoms with Gasteiger partial charge in [0.1, 0.15) is 23.6 Å². The molecule has 1 aromatic carbocycles. The fourth-order valence-corrected chi connectivity index (χ4v) is 6.24. The maximum Gasteiger partial charge on any atom is 0.343 e. The highest BCUT2D eigenvalue weighted by Gasteiger charge is 2.68. The zero-order valence-electron chi connectivity index (χ0n) is 22.6. The Kier molecular flexibility index (Phi) is 6.13. The molecule has 2 aromatic rings. The number of rotatable bonds is 5. The number of nitrogens with one attached hydrogen (secondary N) is 5. The standard InChI is InChI=1S/C26H32N10O5/c1-25(2)8-9-41-18-12(4-3-5-13(18)25)21(39)30-16-11-36-24(28)31-15(19-26(36,20(16)38)33-23(27)32-19)10-29-22(40)14-6-7-17(37)35-34-14/h3-7,15-16,19-20,38H,8-11H2,1-2H3,(H2,28,31)(H,29,40)(H,30,39)(H,35,37)(H3,27,32,33)/p+1/t15-,16?,19-,20+,26-/m0/s1. The number of guanidine groups is 2. The lowest BCUT2D eigenvalue weighted by molar-refractivity contribution is -0.513. The van der Waals surface area contributed by atoms with Crippen molar-refractivity contribution in [3.05, 3.63) is 57.5 Å². The van der Waals surface area contributed by atoms with E-state index in [0.717, 1.165) is 12.0 Å². The van der Waals surface area contributed by atoms with E-state index < -0.39 is 41.4 Å². The predicted molar refractivity (Wildman–Crippen MR) is 146 cm³/mol. The van der Waals surface area contributed by atoms with E-state index in [1.807, 2.05) is 12.1 Å². The molecule has 10 N–H and O–H groups in total. The molecule has 41 heavy (non-hydrogen) atoms. The molecule has 1 aromatic heterocycles. The highest BCUT2D eigenvalue weighted by atomic mass is 16.5. The van der Waals surface area contributed by atoms with Crippen molar-refractivity contribution in [3.63, 3.8) is 0 Å². The zero-order valence-corrected chi connectivity index (χ0v) is 22.6. The molecule has 1 unspecified atom stereocenters. The van der Waals surface area contributed by atoms with Gasteiger partial charge >= 0.3 is 5.96 Å². The Morgan fingerprint density at radius 1 is 1.24 bits per heavy atom. The van der Waals surface area contributed by atoms with E-state index in [4.69, 9.17) is 16.2 Å². The van der Waals surface area contributed by atoms with Crippen molar-refractivity contribution < 1.29 is 24.4 Å². The normalized spacial score (nSPS) is 29.1. The summed E-state index contributed by atoms with van der Waals surface area (Å²) < 4.78 is 5.92. The van der Waals surface area contributed by atoms with Crippen molar-refractivity contribution in [2.75, 3.05) is 19.7 Å². The molecule has 1 saturated heterocycles. The molecule has 6 rings (SSSR count). The molecule has 0 aliphatic carbocycles. The third-order valence-electron chi connectivity index (χ3n) is 8.40. The van der Waals surface area contributed by atoms with Gasteiger partial charge in [0.25, 0.3) is 17.4 Å². The monoisotopic (exact) mass is 565 g/mol. The van der Waals surface area contributed by atoms with Crippen LogP contribution in [0.1, 0.15) is 46.7 Å². The predicted octanol–water partition coefficient (Wildman–Crippen LogP) is -4.20. The number of para-hydroxylation sites is 1. The van der Waals surface area contributed by atoms with Gasteiger partial charge in [-0.25, -0.2) is 15.4 Å². The summed E-state index contributed by atoms with van der Waals surface area (Å²) in [5.74, 6) is -0.0447. The van der Waals surface area contributed by atoms with Crippen molar-refractivity contribution in [2.24, 2.45) is 16.5 Å². The van der Waals surface area contributed by atoms with Crippen LogP contribution in [-0.4, -0.2) is 93.5 Å². The largest absolute Gasteiger partial charge is 0.492 e. The molecule has 0 radical (unpaired) electrons. The molecule has 4 aliphatic rings. The molecule has 5 heterocycles. The van der Waals surface area contributed by atoms with Crippen LogP contribution in [0.4, 0.5) is 0 Å². The molecule has 4 aliphatic heterocycles. The van der Waals surface area contributed by atoms with Gasteiger partial charge in [0, 0.05) is 24.7 Å². The first-order valence-corrected chi connectivity index (χ1v) is 13.4. The van der Waals surface area contributed by atoms with Crippen LogP contribution in [0.5, 0.6) is 5.75 Å². The molecule has 216 valence electrons. The summed E-state index contributed by atoms with van der Waals surface area (Å²) >= 11 is 0. The molecular weight excluding hydrogens is 532 g/mol. The summed E-state index contributed by atoms with van der Waals surface area (Å²) in [5.41, 5.74) is 12.1. The number of aromatic amines is 1. The second kappa shape index (κ2) is 9.47. The number of benzene rings is 1. The second-order valence-corrected chi connectivity index (χ2v) is 11.4. The van der Waals surface area contributed by atoms with Gasteiger partial charge in [0.15, 0.2) is 12.0 Å². The third kappa shape index (κ3) is 4.23. The first-order valence-electron chi connectivity index (χ1n) is 13.4. The van der Waals surface area contributed by atoms with Gasteiger partial charge in [0.2, 0.25) is 5.66 Å². The molecule has 15 heteroatoms. The highest BCUT2D eigenvalue weighted by Crippen LogP contribution is 2.41. The van der Waals surface area contributed by atoms with Gasteiger partial charge in [-0.3, -0.25) is 25.1 Å². The van der Waals surface area contributed by atoms with Crippen molar-refractivity contribution in [3.8, 4) is 5.75 Å². The van der Waals surface area contributed by atoms with E-state index in [2.05, 4.69) is 50.0 Å². The number of carbonyl (C=O) groups excluding carboxylic acids is 2. The number of aliphatic hydroxyl groups is 1. The zero-order chi connectivity index (χ0) is 29.1. The number of aliphatic imine (C=N–C) groups is 1. The average Bonchev–Trinajstić information content (AvgIpc) is 3.43. The molecule has 0 bridgehead atoms. The quantitative estimate of drug-likeness (QED) is 0.174. The fraction of sp³-hybridized carbons (Fsp3) is 0.462. The van der Waals surface area contributed by atoms with Crippen LogP contribution in [0, 0.1) is 0 Å². The molecular formula is C26H33N10O5+. The van der Waals surface area contributed by atoms with Gasteiger partial charge in [0.05, 0.1) is 18.2 Å². The van der Waals surface area contributed by atoms with Crippen LogP contribution in [-0.2, 0) is 5.41 Å². The number of ether oxygens (including phenoxy) is 1. The fourth-order valence-electron chi connectivity index (χ4n) is 6.24. The summed E-state index contributed by atoms with van der Waals surface area (Å²) in [6.45, 7) is 4.92. The van der Waals surface area contributed by atoms with Crippen molar-refractivity contribution >= 4 is 23.7 Å². The third-order valence-corrected chi connectivity index (χ3v) is 8.40. The number of nitrogens with two attached hydrogens (primary N) is 2. The van der Waals surface area contributed by atoms with E-state index in [0.29, 0.717) is 17.9 Å². The molecule has 15 nitrogen and oxygen atoms in total. The number of hydrogen-bond donors (Lipinski definition) is 8. The van der Waals surface area contributed by atoms with Crippen molar-refractivity contribution in [1.29, 1.82) is 0 Å². The number of nitrogens with zero attached hydrogens (tertiary/aromatic N) is 3. The van der Waals surface area contributed by atoms with E-state index >= 15 is 0 Å². The molecule has 0 saturated carbocycles. The number of hydrogen-bond acceptors (Lipinski definition) is 11. The lowest BCUT2D eigenvalue weighted by Crippen LogP contribution is -2.88. The number of fused-ring (bicyclic) bond motifs is 1. The minimum atomic E-state index is -1.24. The van der Waals surface area contributed by atoms with Crippen molar-refractivity contribution in [1.82, 2.24) is 31.0 Å². The summed E-state index contributed by atoms with van der Waals surface area (Å²) in [7, 11) is 0. The van der Waals surface area contributed by atoms with Crippen LogP contribution >= 0.6 is 0 Å². The number of carbonyl (C=O) groups is 2. The average molecular weight is 566 g/mol. The summed E-state index contributed by atoms with van der Waals surface area (Å²) in [6.07, 6.45) is -0.334. The van der Waals surface area contributed by atoms with Crippen LogP contribution in [0.3, 0.4) is 0 Å². The topological polar surface area (TPSA) is 227 Å². The van der Waals surface area contributed by atoms with Gasteiger partial charge < -0.3 is 31.1 Å². The van der Waals surface area contributed by atoms with Crippen LogP contribution < -0.4 is 42.7 Å². The Morgan fingerprint density at radius 3 is 2.80 bits per heavy atom. The van der Waals surface area contributed by atoms with E-state index in [1.165, 1.54) is 12.1 Å². The van der Waals surface area contributed by atoms with Crippen LogP contribution in [0.25, 0.3) is 0 Å². The Balaban J connectivity index is 1.23. The maximum absolute atomic E-state index is 13.5. The van der Waals surface area contributed by atoms with Crippen LogP contribution in [0.2, 0.25) is 0 Å². The molecule has 2 amide bonds. The van der Waals surface area contributed by atoms with E-state index in [-0.39, 0.29) is 42.0 Å². The SMILES string of the molecule is CC1(C)CCOc2c(C(=O)NC3CN4C(N)=N[C@@H](CNC(=O)c5ccc(=O)[nH]n5)[C@@H]5[NH+]=C(N)N[C@@]54[C@@H]3O)cccc21. The Labute approximate surface area is 234 Å². The Bertz CT molecular complexity index is 1520. The van der Waals surface area contributed by atoms with Gasteiger partial charge in [-0.15, -0.1) is 0 Å². The number of H-pyrrole nitrogens is 1. The van der Waals surface area contributed by atoms with E-state index in [9.17, 15) is 19.5 Å². The number of aromatic nitrogens is 2. The molecule has 5 atom stereocenters. The summed E-state index contributed by atoms with van der Waals surface area (Å²) in [6, 6.07) is 6.00. The smallest absolute Gasteiger partial charge is 0.343 e. The van der Waals surface area contributed by atoms with Crippen LogP contribution in [0.15, 0.2) is 40.1 Å². The van der Waals surface area contributed by atoms with Gasteiger partial charge in [-0.1, -0.05) is 26.0 Å². The first kappa shape index (κ1) is 26.6.